The van der Waals surface area contributed by atoms with Gasteiger partial charge in [-0.2, -0.15) is 0 Å². The second-order valence-electron chi connectivity index (χ2n) is 12.1. The van der Waals surface area contributed by atoms with Crippen molar-refractivity contribution in [2.24, 2.45) is 5.41 Å². The number of nitrogens with zero attached hydrogens (tertiary/aromatic N) is 3. The Balaban J connectivity index is 1.50. The zero-order valence-corrected chi connectivity index (χ0v) is 25.9. The molecule has 45 heavy (non-hydrogen) atoms. The van der Waals surface area contributed by atoms with Crippen molar-refractivity contribution in [3.8, 4) is 0 Å². The summed E-state index contributed by atoms with van der Waals surface area (Å²) in [6.45, 7) is 5.32. The number of carbonyl (C=O) groups is 4. The van der Waals surface area contributed by atoms with E-state index in [1.165, 1.54) is 10.0 Å². The molecular weight excluding hydrogens is 574 g/mol. The quantitative estimate of drug-likeness (QED) is 0.252. The number of ether oxygens (including phenoxy) is 1. The van der Waals surface area contributed by atoms with Crippen LogP contribution in [0.5, 0.6) is 0 Å². The highest BCUT2D eigenvalue weighted by Gasteiger charge is 2.35. The zero-order valence-electron chi connectivity index (χ0n) is 25.9. The third-order valence-electron chi connectivity index (χ3n) is 7.95. The third-order valence-corrected chi connectivity index (χ3v) is 7.95. The van der Waals surface area contributed by atoms with E-state index in [0.717, 1.165) is 10.9 Å². The summed E-state index contributed by atoms with van der Waals surface area (Å²) in [7, 11) is 1.70. The Bertz CT molecular complexity index is 1660. The van der Waals surface area contributed by atoms with Gasteiger partial charge < -0.3 is 15.8 Å². The highest BCUT2D eigenvalue weighted by atomic mass is 16.5. The predicted octanol–water partition coefficient (Wildman–Crippen LogP) is 2.49. The SMILES string of the molecule is C[C@@H]1NC(=O)[C@H](Cc2cccc(N)c2)OC(=O)C(C)(C)/C=C/c2ccc3ccc(nc3c2)N(C)NC(=O)[C@@H]2CCCN(N2)C1=O. The monoisotopic (exact) mass is 613 g/mol. The lowest BCUT2D eigenvalue weighted by molar-refractivity contribution is -0.162. The molecule has 1 aromatic heterocycles. The number of pyridine rings is 1. The summed E-state index contributed by atoms with van der Waals surface area (Å²) in [6.07, 6.45) is 3.44. The van der Waals surface area contributed by atoms with Crippen molar-refractivity contribution < 1.29 is 23.9 Å². The van der Waals surface area contributed by atoms with Crippen molar-refractivity contribution in [3.05, 3.63) is 71.8 Å². The van der Waals surface area contributed by atoms with Crippen LogP contribution in [-0.2, 0) is 30.3 Å². The number of nitrogens with two attached hydrogens (primary N) is 1. The molecule has 5 N–H and O–H groups in total. The number of esters is 1. The van der Waals surface area contributed by atoms with Crippen LogP contribution in [0.3, 0.4) is 0 Å². The van der Waals surface area contributed by atoms with Crippen LogP contribution in [0.1, 0.15) is 44.7 Å². The smallest absolute Gasteiger partial charge is 0.316 e. The average molecular weight is 614 g/mol. The first kappa shape index (κ1) is 31.5. The van der Waals surface area contributed by atoms with Gasteiger partial charge in [0.2, 0.25) is 0 Å². The first-order valence-corrected chi connectivity index (χ1v) is 15.0. The van der Waals surface area contributed by atoms with Gasteiger partial charge in [-0.25, -0.2) is 10.4 Å². The minimum Gasteiger partial charge on any atom is -0.451 e. The molecular formula is C33H39N7O5. The molecule has 0 spiro atoms. The van der Waals surface area contributed by atoms with Gasteiger partial charge in [-0.1, -0.05) is 36.4 Å². The number of anilines is 2. The van der Waals surface area contributed by atoms with Crippen LogP contribution >= 0.6 is 0 Å². The van der Waals surface area contributed by atoms with Crippen LogP contribution in [-0.4, -0.2) is 65.5 Å². The number of hydrogen-bond donors (Lipinski definition) is 4. The summed E-state index contributed by atoms with van der Waals surface area (Å²) in [5, 5.41) is 6.50. The van der Waals surface area contributed by atoms with Crippen LogP contribution in [0.2, 0.25) is 0 Å². The number of carbonyl (C=O) groups excluding carboxylic acids is 4. The molecule has 0 aliphatic carbocycles. The number of fused-ring (bicyclic) bond motifs is 4. The lowest BCUT2D eigenvalue weighted by Gasteiger charge is -2.35. The van der Waals surface area contributed by atoms with E-state index in [1.54, 1.807) is 70.3 Å². The van der Waals surface area contributed by atoms with Gasteiger partial charge in [-0.15, -0.1) is 0 Å². The third kappa shape index (κ3) is 7.40. The van der Waals surface area contributed by atoms with Crippen LogP contribution in [0.4, 0.5) is 11.5 Å². The summed E-state index contributed by atoms with van der Waals surface area (Å²) in [5.74, 6) is -1.46. The summed E-state index contributed by atoms with van der Waals surface area (Å²) in [4.78, 5) is 58.4. The van der Waals surface area contributed by atoms with Crippen LogP contribution < -0.4 is 26.9 Å². The Kier molecular flexibility index (Phi) is 9.05. The molecule has 2 aromatic carbocycles. The van der Waals surface area contributed by atoms with E-state index in [-0.39, 0.29) is 12.3 Å². The maximum atomic E-state index is 13.6. The molecule has 0 unspecified atom stereocenters. The molecule has 3 aromatic rings. The van der Waals surface area contributed by atoms with Crippen molar-refractivity contribution in [2.45, 2.75) is 58.2 Å². The molecule has 236 valence electrons. The highest BCUT2D eigenvalue weighted by molar-refractivity contribution is 5.92. The van der Waals surface area contributed by atoms with E-state index in [2.05, 4.69) is 16.2 Å². The van der Waals surface area contributed by atoms with E-state index in [4.69, 9.17) is 15.5 Å². The Morgan fingerprint density at radius 3 is 2.60 bits per heavy atom. The normalized spacial score (nSPS) is 23.7. The van der Waals surface area contributed by atoms with Gasteiger partial charge in [0.05, 0.1) is 10.9 Å². The van der Waals surface area contributed by atoms with E-state index >= 15 is 0 Å². The van der Waals surface area contributed by atoms with Gasteiger partial charge in [0.1, 0.15) is 17.9 Å². The predicted molar refractivity (Wildman–Crippen MR) is 171 cm³/mol. The molecule has 2 aliphatic rings. The standard InChI is InChI=1S/C33H39N7O5/c1-20-31(43)40-16-6-9-25(37-40)29(41)38-39(4)28-13-12-23-11-10-21(18-26(23)36-28)14-15-33(2,3)32(44)45-27(30(42)35-20)19-22-7-5-8-24(34)17-22/h5,7-8,10-15,17-18,20,25,27,37H,6,9,16,19,34H2,1-4H3,(H,35,42)(H,38,41)/b15-14+/t20-,25-,27-/m0/s1. The number of amides is 3. The number of nitrogens with one attached hydrogen (secondary N) is 3. The molecule has 3 amide bonds. The molecule has 1 saturated heterocycles. The van der Waals surface area contributed by atoms with Crippen molar-refractivity contribution in [2.75, 3.05) is 24.3 Å². The summed E-state index contributed by atoms with van der Waals surface area (Å²) in [5.41, 5.74) is 13.4. The lowest BCUT2D eigenvalue weighted by Crippen LogP contribution is -2.62. The minimum absolute atomic E-state index is 0.0553. The van der Waals surface area contributed by atoms with Crippen LogP contribution in [0, 0.1) is 5.41 Å². The maximum Gasteiger partial charge on any atom is 0.316 e. The van der Waals surface area contributed by atoms with Crippen molar-refractivity contribution in [1.82, 2.24) is 26.2 Å². The fourth-order valence-electron chi connectivity index (χ4n) is 5.23. The van der Waals surface area contributed by atoms with E-state index < -0.39 is 41.4 Å². The van der Waals surface area contributed by atoms with E-state index in [9.17, 15) is 19.2 Å². The van der Waals surface area contributed by atoms with Gasteiger partial charge in [0, 0.05) is 31.1 Å². The molecule has 3 atom stereocenters. The molecule has 1 fully saturated rings. The second-order valence-corrected chi connectivity index (χ2v) is 12.1. The Morgan fingerprint density at radius 2 is 1.82 bits per heavy atom. The highest BCUT2D eigenvalue weighted by Crippen LogP contribution is 2.25. The van der Waals surface area contributed by atoms with Crippen LogP contribution in [0.25, 0.3) is 17.0 Å². The fraction of sp³-hybridized carbons (Fsp3) is 0.364. The second kappa shape index (κ2) is 12.9. The van der Waals surface area contributed by atoms with Crippen molar-refractivity contribution in [3.63, 3.8) is 0 Å². The molecule has 0 radical (unpaired) electrons. The Hall–Kier alpha value is -4.97. The van der Waals surface area contributed by atoms with E-state index in [1.807, 2.05) is 24.3 Å². The Morgan fingerprint density at radius 1 is 1.04 bits per heavy atom. The summed E-state index contributed by atoms with van der Waals surface area (Å²) >= 11 is 0. The lowest BCUT2D eigenvalue weighted by atomic mass is 9.92. The molecule has 3 heterocycles. The Labute approximate surface area is 261 Å². The molecule has 12 heteroatoms. The first-order valence-electron chi connectivity index (χ1n) is 15.0. The van der Waals surface area contributed by atoms with Crippen molar-refractivity contribution in [1.29, 1.82) is 0 Å². The summed E-state index contributed by atoms with van der Waals surface area (Å²) < 4.78 is 5.84. The minimum atomic E-state index is -1.23. The summed E-state index contributed by atoms with van der Waals surface area (Å²) in [6, 6.07) is 14.8. The number of nitrogen functional groups attached to an aromatic ring is 1. The van der Waals surface area contributed by atoms with Crippen molar-refractivity contribution >= 4 is 52.2 Å². The molecule has 5 rings (SSSR count). The number of rotatable bonds is 2. The van der Waals surface area contributed by atoms with Gasteiger partial charge in [0.25, 0.3) is 17.7 Å². The first-order chi connectivity index (χ1) is 21.4. The molecule has 0 saturated carbocycles. The number of cyclic esters (lactones) is 1. The van der Waals surface area contributed by atoms with Gasteiger partial charge >= 0.3 is 5.97 Å². The van der Waals surface area contributed by atoms with Gasteiger partial charge in [-0.3, -0.25) is 34.6 Å². The molecule has 5 bridgehead atoms. The largest absolute Gasteiger partial charge is 0.451 e. The number of aromatic nitrogens is 1. The zero-order chi connectivity index (χ0) is 32.3. The number of benzene rings is 2. The topological polar surface area (TPSA) is 159 Å². The average Bonchev–Trinajstić information content (AvgIpc) is 3.02. The van der Waals surface area contributed by atoms with Gasteiger partial charge in [-0.05, 0) is 75.1 Å². The number of hydrogen-bond acceptors (Lipinski definition) is 9. The molecule has 2 aliphatic heterocycles. The van der Waals surface area contributed by atoms with E-state index in [0.29, 0.717) is 42.0 Å². The number of hydrazine groups is 2. The maximum absolute atomic E-state index is 13.6. The van der Waals surface area contributed by atoms with Crippen LogP contribution in [0.15, 0.2) is 60.7 Å². The molecule has 12 nitrogen and oxygen atoms in total. The fourth-order valence-corrected chi connectivity index (χ4v) is 5.23. The van der Waals surface area contributed by atoms with Gasteiger partial charge in [0.15, 0.2) is 6.10 Å².